The zero-order valence-corrected chi connectivity index (χ0v) is 9.58. The normalized spacial score (nSPS) is 24.5. The minimum Gasteiger partial charge on any atom is -0.310 e. The first-order chi connectivity index (χ1) is 7.06. The summed E-state index contributed by atoms with van der Waals surface area (Å²) in [6.07, 6.45) is 2.05. The quantitative estimate of drug-likeness (QED) is 0.823. The van der Waals surface area contributed by atoms with Crippen LogP contribution in [0.4, 0.5) is 0 Å². The minimum atomic E-state index is -0.00486. The topological polar surface area (TPSA) is 45.8 Å². The van der Waals surface area contributed by atoms with E-state index in [9.17, 15) is 4.79 Å². The van der Waals surface area contributed by atoms with Gasteiger partial charge in [0.05, 0.1) is 0 Å². The van der Waals surface area contributed by atoms with Crippen molar-refractivity contribution in [3.63, 3.8) is 0 Å². The van der Waals surface area contributed by atoms with E-state index in [1.807, 2.05) is 0 Å². The van der Waals surface area contributed by atoms with E-state index in [0.717, 1.165) is 24.4 Å². The molecule has 82 valence electrons. The van der Waals surface area contributed by atoms with Gasteiger partial charge in [0, 0.05) is 17.7 Å². The SMILES string of the molecule is CC(C)Cc1cc(=O)[nH]c(C2CC2C)n1. The Morgan fingerprint density at radius 2 is 2.27 bits per heavy atom. The van der Waals surface area contributed by atoms with Crippen molar-refractivity contribution in [1.82, 2.24) is 9.97 Å². The van der Waals surface area contributed by atoms with E-state index in [4.69, 9.17) is 0 Å². The van der Waals surface area contributed by atoms with Crippen molar-refractivity contribution in [3.8, 4) is 0 Å². The van der Waals surface area contributed by atoms with E-state index in [0.29, 0.717) is 17.8 Å². The summed E-state index contributed by atoms with van der Waals surface area (Å²) < 4.78 is 0. The lowest BCUT2D eigenvalue weighted by atomic mass is 10.1. The zero-order chi connectivity index (χ0) is 11.0. The van der Waals surface area contributed by atoms with Crippen LogP contribution >= 0.6 is 0 Å². The van der Waals surface area contributed by atoms with Crippen LogP contribution in [0.15, 0.2) is 10.9 Å². The maximum atomic E-state index is 11.4. The molecule has 1 saturated carbocycles. The second-order valence-corrected chi connectivity index (χ2v) is 5.04. The van der Waals surface area contributed by atoms with Crippen molar-refractivity contribution in [2.24, 2.45) is 11.8 Å². The number of nitrogens with zero attached hydrogens (tertiary/aromatic N) is 1. The average Bonchev–Trinajstić information content (AvgIpc) is 2.80. The van der Waals surface area contributed by atoms with Crippen molar-refractivity contribution in [2.45, 2.75) is 39.5 Å². The number of nitrogens with one attached hydrogen (secondary N) is 1. The third kappa shape index (κ3) is 2.46. The highest BCUT2D eigenvalue weighted by Gasteiger charge is 2.36. The molecule has 1 aromatic rings. The van der Waals surface area contributed by atoms with E-state index in [2.05, 4.69) is 30.7 Å². The fourth-order valence-corrected chi connectivity index (χ4v) is 1.93. The van der Waals surface area contributed by atoms with Gasteiger partial charge in [-0.25, -0.2) is 4.98 Å². The van der Waals surface area contributed by atoms with Crippen LogP contribution in [0.25, 0.3) is 0 Å². The summed E-state index contributed by atoms with van der Waals surface area (Å²) in [5.74, 6) is 2.61. The molecule has 0 spiro atoms. The first kappa shape index (κ1) is 10.4. The number of H-pyrrole nitrogens is 1. The van der Waals surface area contributed by atoms with Gasteiger partial charge in [-0.3, -0.25) is 4.79 Å². The zero-order valence-electron chi connectivity index (χ0n) is 9.58. The van der Waals surface area contributed by atoms with Crippen LogP contribution in [0.2, 0.25) is 0 Å². The number of aromatic amines is 1. The molecule has 2 rings (SSSR count). The minimum absolute atomic E-state index is 0.00486. The molecule has 1 fully saturated rings. The first-order valence-electron chi connectivity index (χ1n) is 5.66. The van der Waals surface area contributed by atoms with Gasteiger partial charge in [-0.1, -0.05) is 20.8 Å². The van der Waals surface area contributed by atoms with Crippen molar-refractivity contribution in [3.05, 3.63) is 27.9 Å². The number of hydrogen-bond donors (Lipinski definition) is 1. The fraction of sp³-hybridized carbons (Fsp3) is 0.667. The van der Waals surface area contributed by atoms with Crippen molar-refractivity contribution in [2.75, 3.05) is 0 Å². The van der Waals surface area contributed by atoms with E-state index >= 15 is 0 Å². The molecule has 0 radical (unpaired) electrons. The monoisotopic (exact) mass is 206 g/mol. The van der Waals surface area contributed by atoms with Crippen LogP contribution in [0.3, 0.4) is 0 Å². The lowest BCUT2D eigenvalue weighted by Crippen LogP contribution is -2.13. The van der Waals surface area contributed by atoms with Gasteiger partial charge in [-0.05, 0) is 24.7 Å². The molecule has 3 nitrogen and oxygen atoms in total. The highest BCUT2D eigenvalue weighted by molar-refractivity contribution is 5.12. The van der Waals surface area contributed by atoms with Crippen molar-refractivity contribution >= 4 is 0 Å². The summed E-state index contributed by atoms with van der Waals surface area (Å²) >= 11 is 0. The summed E-state index contributed by atoms with van der Waals surface area (Å²) in [7, 11) is 0. The van der Waals surface area contributed by atoms with Gasteiger partial charge in [0.2, 0.25) is 0 Å². The maximum Gasteiger partial charge on any atom is 0.251 e. The number of hydrogen-bond acceptors (Lipinski definition) is 2. The second kappa shape index (κ2) is 3.80. The molecule has 0 aromatic carbocycles. The summed E-state index contributed by atoms with van der Waals surface area (Å²) in [6, 6.07) is 1.62. The fourth-order valence-electron chi connectivity index (χ4n) is 1.93. The Labute approximate surface area is 89.9 Å². The van der Waals surface area contributed by atoms with Gasteiger partial charge < -0.3 is 4.98 Å². The van der Waals surface area contributed by atoms with E-state index in [1.165, 1.54) is 0 Å². The highest BCUT2D eigenvalue weighted by atomic mass is 16.1. The lowest BCUT2D eigenvalue weighted by Gasteiger charge is -2.05. The van der Waals surface area contributed by atoms with Crippen molar-refractivity contribution < 1.29 is 0 Å². The summed E-state index contributed by atoms with van der Waals surface area (Å²) in [6.45, 7) is 6.48. The Bertz CT molecular complexity index is 408. The third-order valence-corrected chi connectivity index (χ3v) is 2.89. The molecule has 3 heteroatoms. The largest absolute Gasteiger partial charge is 0.310 e. The molecular weight excluding hydrogens is 188 g/mol. The Balaban J connectivity index is 2.25. The Hall–Kier alpha value is -1.12. The average molecular weight is 206 g/mol. The number of aromatic nitrogens is 2. The van der Waals surface area contributed by atoms with Gasteiger partial charge in [0.25, 0.3) is 5.56 Å². The van der Waals surface area contributed by atoms with Crippen molar-refractivity contribution in [1.29, 1.82) is 0 Å². The van der Waals surface area contributed by atoms with Gasteiger partial charge in [0.15, 0.2) is 0 Å². The van der Waals surface area contributed by atoms with Gasteiger partial charge in [-0.15, -0.1) is 0 Å². The third-order valence-electron chi connectivity index (χ3n) is 2.89. The van der Waals surface area contributed by atoms with Crippen LogP contribution in [0, 0.1) is 11.8 Å². The molecule has 1 N–H and O–H groups in total. The van der Waals surface area contributed by atoms with E-state index < -0.39 is 0 Å². The molecule has 1 aliphatic carbocycles. The molecule has 15 heavy (non-hydrogen) atoms. The van der Waals surface area contributed by atoms with E-state index in [-0.39, 0.29) is 5.56 Å². The Morgan fingerprint density at radius 3 is 2.80 bits per heavy atom. The van der Waals surface area contributed by atoms with Gasteiger partial charge in [0.1, 0.15) is 5.82 Å². The molecule has 0 aliphatic heterocycles. The van der Waals surface area contributed by atoms with Gasteiger partial charge in [-0.2, -0.15) is 0 Å². The van der Waals surface area contributed by atoms with E-state index in [1.54, 1.807) is 6.07 Å². The summed E-state index contributed by atoms with van der Waals surface area (Å²) in [4.78, 5) is 18.8. The molecule has 0 bridgehead atoms. The standard InChI is InChI=1S/C12H18N2O/c1-7(2)4-9-6-11(15)14-12(13-9)10-5-8(10)3/h6-8,10H,4-5H2,1-3H3,(H,13,14,15). The highest BCUT2D eigenvalue weighted by Crippen LogP contribution is 2.44. The van der Waals surface area contributed by atoms with Crippen LogP contribution in [0.5, 0.6) is 0 Å². The molecule has 2 atom stereocenters. The molecule has 1 heterocycles. The van der Waals surface area contributed by atoms with Crippen LogP contribution < -0.4 is 5.56 Å². The summed E-state index contributed by atoms with van der Waals surface area (Å²) in [5.41, 5.74) is 0.928. The smallest absolute Gasteiger partial charge is 0.251 e. The predicted octanol–water partition coefficient (Wildman–Crippen LogP) is 2.09. The first-order valence-corrected chi connectivity index (χ1v) is 5.66. The van der Waals surface area contributed by atoms with Crippen LogP contribution in [0.1, 0.15) is 44.6 Å². The molecule has 1 aliphatic rings. The maximum absolute atomic E-state index is 11.4. The second-order valence-electron chi connectivity index (χ2n) is 5.04. The molecule has 1 aromatic heterocycles. The van der Waals surface area contributed by atoms with Gasteiger partial charge >= 0.3 is 0 Å². The predicted molar refractivity (Wildman–Crippen MR) is 59.9 cm³/mol. The Kier molecular flexibility index (Phi) is 2.63. The Morgan fingerprint density at radius 1 is 1.60 bits per heavy atom. The van der Waals surface area contributed by atoms with Crippen LogP contribution in [-0.2, 0) is 6.42 Å². The number of rotatable bonds is 3. The lowest BCUT2D eigenvalue weighted by molar-refractivity contribution is 0.627. The molecular formula is C12H18N2O. The van der Waals surface area contributed by atoms with Crippen LogP contribution in [-0.4, -0.2) is 9.97 Å². The molecule has 2 unspecified atom stereocenters. The molecule has 0 saturated heterocycles. The summed E-state index contributed by atoms with van der Waals surface area (Å²) in [5, 5.41) is 0. The molecule has 0 amide bonds.